The van der Waals surface area contributed by atoms with Gasteiger partial charge in [-0.1, -0.05) is 18.2 Å². The second kappa shape index (κ2) is 6.80. The fourth-order valence-corrected chi connectivity index (χ4v) is 2.96. The summed E-state index contributed by atoms with van der Waals surface area (Å²) in [5, 5.41) is 3.68. The van der Waals surface area contributed by atoms with E-state index in [-0.39, 0.29) is 11.0 Å². The number of hydrogen-bond donors (Lipinski definition) is 1. The van der Waals surface area contributed by atoms with Crippen molar-refractivity contribution < 1.29 is 4.74 Å². The quantitative estimate of drug-likeness (QED) is 0.900. The van der Waals surface area contributed by atoms with Gasteiger partial charge in [0.2, 0.25) is 0 Å². The van der Waals surface area contributed by atoms with Crippen molar-refractivity contribution >= 4 is 5.69 Å². The van der Waals surface area contributed by atoms with Crippen LogP contribution in [0.4, 0.5) is 5.69 Å². The highest BCUT2D eigenvalue weighted by Gasteiger charge is 2.35. The van der Waals surface area contributed by atoms with E-state index in [2.05, 4.69) is 68.4 Å². The Morgan fingerprint density at radius 1 is 1.24 bits per heavy atom. The van der Waals surface area contributed by atoms with Crippen molar-refractivity contribution in [2.45, 2.75) is 39.2 Å². The summed E-state index contributed by atoms with van der Waals surface area (Å²) in [5.74, 6) is 0. The number of anilines is 1. The van der Waals surface area contributed by atoms with E-state index in [0.717, 1.165) is 32.7 Å². The molecule has 0 saturated carbocycles. The summed E-state index contributed by atoms with van der Waals surface area (Å²) >= 11 is 0. The van der Waals surface area contributed by atoms with Gasteiger partial charge in [-0.15, -0.1) is 0 Å². The lowest BCUT2D eigenvalue weighted by Crippen LogP contribution is -2.52. The highest BCUT2D eigenvalue weighted by molar-refractivity contribution is 5.45. The summed E-state index contributed by atoms with van der Waals surface area (Å²) < 4.78 is 5.82. The average molecular weight is 290 g/mol. The monoisotopic (exact) mass is 290 g/mol. The van der Waals surface area contributed by atoms with Crippen molar-refractivity contribution in [3.05, 3.63) is 30.3 Å². The van der Waals surface area contributed by atoms with Gasteiger partial charge in [-0.25, -0.2) is 0 Å². The van der Waals surface area contributed by atoms with Crippen LogP contribution in [0.3, 0.4) is 0 Å². The van der Waals surface area contributed by atoms with Gasteiger partial charge in [0.1, 0.15) is 0 Å². The Morgan fingerprint density at radius 2 is 1.95 bits per heavy atom. The first kappa shape index (κ1) is 16.3. The minimum absolute atomic E-state index is 0.149. The molecule has 0 aliphatic carbocycles. The maximum Gasteiger partial charge on any atom is 0.0551 e. The van der Waals surface area contributed by atoms with Crippen LogP contribution in [0.1, 0.15) is 33.6 Å². The standard InChI is InChI=1S/C18H30N2O/c1-17(2,3)19-13-18(11-8-12-21-15-18)14-20(4)16-9-6-5-7-10-16/h5-7,9-10,19H,8,11-15H2,1-4H3. The van der Waals surface area contributed by atoms with Gasteiger partial charge in [0.15, 0.2) is 0 Å². The van der Waals surface area contributed by atoms with E-state index < -0.39 is 0 Å². The van der Waals surface area contributed by atoms with Crippen molar-refractivity contribution in [1.29, 1.82) is 0 Å². The first-order valence-electron chi connectivity index (χ1n) is 7.99. The van der Waals surface area contributed by atoms with Crippen molar-refractivity contribution in [2.75, 3.05) is 38.3 Å². The molecule has 2 rings (SSSR count). The Balaban J connectivity index is 2.05. The maximum atomic E-state index is 5.82. The maximum absolute atomic E-state index is 5.82. The van der Waals surface area contributed by atoms with E-state index in [1.807, 2.05) is 0 Å². The number of benzene rings is 1. The summed E-state index contributed by atoms with van der Waals surface area (Å²) in [7, 11) is 2.18. The topological polar surface area (TPSA) is 24.5 Å². The van der Waals surface area contributed by atoms with Gasteiger partial charge in [0.05, 0.1) is 6.61 Å². The van der Waals surface area contributed by atoms with Crippen molar-refractivity contribution in [1.82, 2.24) is 5.32 Å². The van der Waals surface area contributed by atoms with Crippen LogP contribution < -0.4 is 10.2 Å². The summed E-state index contributed by atoms with van der Waals surface area (Å²) in [4.78, 5) is 2.36. The number of hydrogen-bond acceptors (Lipinski definition) is 3. The lowest BCUT2D eigenvalue weighted by molar-refractivity contribution is -0.00548. The van der Waals surface area contributed by atoms with Crippen molar-refractivity contribution in [2.24, 2.45) is 5.41 Å². The second-order valence-corrected chi connectivity index (χ2v) is 7.45. The molecule has 0 aromatic heterocycles. The molecule has 1 unspecified atom stereocenters. The first-order chi connectivity index (χ1) is 9.90. The number of para-hydroxylation sites is 1. The Bertz CT molecular complexity index is 419. The van der Waals surface area contributed by atoms with Crippen LogP contribution in [0, 0.1) is 5.41 Å². The van der Waals surface area contributed by atoms with Crippen LogP contribution in [0.2, 0.25) is 0 Å². The predicted molar refractivity (Wildman–Crippen MR) is 90.0 cm³/mol. The van der Waals surface area contributed by atoms with Crippen LogP contribution >= 0.6 is 0 Å². The second-order valence-electron chi connectivity index (χ2n) is 7.45. The van der Waals surface area contributed by atoms with Gasteiger partial charge in [-0.2, -0.15) is 0 Å². The molecule has 0 spiro atoms. The lowest BCUT2D eigenvalue weighted by Gasteiger charge is -2.42. The SMILES string of the molecule is CN(CC1(CNC(C)(C)C)CCCOC1)c1ccccc1. The van der Waals surface area contributed by atoms with Crippen LogP contribution in [0.25, 0.3) is 0 Å². The smallest absolute Gasteiger partial charge is 0.0551 e. The minimum atomic E-state index is 0.149. The summed E-state index contributed by atoms with van der Waals surface area (Å²) in [5.41, 5.74) is 1.63. The molecule has 118 valence electrons. The van der Waals surface area contributed by atoms with E-state index in [9.17, 15) is 0 Å². The molecule has 3 heteroatoms. The minimum Gasteiger partial charge on any atom is -0.381 e. The molecular weight excluding hydrogens is 260 g/mol. The molecule has 1 atom stereocenters. The van der Waals surface area contributed by atoms with Crippen LogP contribution in [-0.2, 0) is 4.74 Å². The zero-order valence-corrected chi connectivity index (χ0v) is 14.0. The molecule has 1 N–H and O–H groups in total. The average Bonchev–Trinajstić information content (AvgIpc) is 2.46. The molecule has 0 radical (unpaired) electrons. The van der Waals surface area contributed by atoms with Crippen LogP contribution in [0.5, 0.6) is 0 Å². The van der Waals surface area contributed by atoms with Crippen molar-refractivity contribution in [3.8, 4) is 0 Å². The molecule has 1 aliphatic heterocycles. The third kappa shape index (κ3) is 5.01. The number of nitrogens with one attached hydrogen (secondary N) is 1. The van der Waals surface area contributed by atoms with Gasteiger partial charge in [0.25, 0.3) is 0 Å². The first-order valence-corrected chi connectivity index (χ1v) is 7.99. The Hall–Kier alpha value is -1.06. The van der Waals surface area contributed by atoms with Gasteiger partial charge >= 0.3 is 0 Å². The number of nitrogens with zero attached hydrogens (tertiary/aromatic N) is 1. The molecule has 1 heterocycles. The third-order valence-electron chi connectivity index (χ3n) is 4.17. The van der Waals surface area contributed by atoms with Gasteiger partial charge in [-0.3, -0.25) is 0 Å². The highest BCUT2D eigenvalue weighted by Crippen LogP contribution is 2.31. The third-order valence-corrected chi connectivity index (χ3v) is 4.17. The zero-order valence-electron chi connectivity index (χ0n) is 14.0. The Kier molecular flexibility index (Phi) is 5.28. The number of ether oxygens (including phenoxy) is 1. The van der Waals surface area contributed by atoms with Crippen LogP contribution in [-0.4, -0.2) is 38.9 Å². The summed E-state index contributed by atoms with van der Waals surface area (Å²) in [6, 6.07) is 10.6. The van der Waals surface area contributed by atoms with E-state index in [4.69, 9.17) is 4.74 Å². The van der Waals surface area contributed by atoms with E-state index in [1.165, 1.54) is 12.1 Å². The fourth-order valence-electron chi connectivity index (χ4n) is 2.96. The van der Waals surface area contributed by atoms with E-state index in [0.29, 0.717) is 0 Å². The lowest BCUT2D eigenvalue weighted by atomic mass is 9.81. The van der Waals surface area contributed by atoms with Gasteiger partial charge in [-0.05, 0) is 45.7 Å². The largest absolute Gasteiger partial charge is 0.381 e. The Labute approximate surface area is 129 Å². The molecule has 0 bridgehead atoms. The Morgan fingerprint density at radius 3 is 2.52 bits per heavy atom. The molecule has 1 saturated heterocycles. The molecule has 0 amide bonds. The number of rotatable bonds is 5. The summed E-state index contributed by atoms with van der Waals surface area (Å²) in [6.07, 6.45) is 2.39. The van der Waals surface area contributed by atoms with Gasteiger partial charge < -0.3 is 15.0 Å². The fraction of sp³-hybridized carbons (Fsp3) is 0.667. The molecular formula is C18H30N2O. The van der Waals surface area contributed by atoms with E-state index >= 15 is 0 Å². The molecule has 1 fully saturated rings. The van der Waals surface area contributed by atoms with Gasteiger partial charge in [0, 0.05) is 43.4 Å². The highest BCUT2D eigenvalue weighted by atomic mass is 16.5. The van der Waals surface area contributed by atoms with Crippen molar-refractivity contribution in [3.63, 3.8) is 0 Å². The normalized spacial score (nSPS) is 23.0. The zero-order chi connectivity index (χ0) is 15.3. The molecule has 1 aliphatic rings. The summed E-state index contributed by atoms with van der Waals surface area (Å²) in [6.45, 7) is 10.5. The molecule has 21 heavy (non-hydrogen) atoms. The molecule has 1 aromatic rings. The van der Waals surface area contributed by atoms with Crippen LogP contribution in [0.15, 0.2) is 30.3 Å². The predicted octanol–water partition coefficient (Wildman–Crippen LogP) is 3.31. The molecule has 1 aromatic carbocycles. The van der Waals surface area contributed by atoms with E-state index in [1.54, 1.807) is 0 Å². The molecule has 3 nitrogen and oxygen atoms in total.